The third-order valence-electron chi connectivity index (χ3n) is 4.95. The molecule has 1 atom stereocenters. The zero-order valence-electron chi connectivity index (χ0n) is 18.4. The largest absolute Gasteiger partial charge is 0.377 e. The fraction of sp³-hybridized carbons (Fsp3) is 0.455. The Morgan fingerprint density at radius 2 is 1.66 bits per heavy atom. The van der Waals surface area contributed by atoms with Crippen molar-refractivity contribution in [1.82, 2.24) is 9.03 Å². The van der Waals surface area contributed by atoms with Crippen molar-refractivity contribution < 1.29 is 21.6 Å². The molecule has 0 spiro atoms. The molecule has 0 bridgehead atoms. The summed E-state index contributed by atoms with van der Waals surface area (Å²) in [6, 6.07) is 12.4. The smallest absolute Gasteiger partial charge is 0.243 e. The average Bonchev–Trinajstić information content (AvgIpc) is 3.20. The summed E-state index contributed by atoms with van der Waals surface area (Å²) in [5.74, 6) is 0. The molecule has 2 aromatic rings. The molecule has 0 radical (unpaired) electrons. The first kappa shape index (κ1) is 25.1. The minimum absolute atomic E-state index is 0.00292. The zero-order valence-corrected chi connectivity index (χ0v) is 20.8. The van der Waals surface area contributed by atoms with Crippen molar-refractivity contribution in [1.29, 1.82) is 0 Å². The summed E-state index contributed by atoms with van der Waals surface area (Å²) in [5.41, 5.74) is 0.0284. The molecule has 1 unspecified atom stereocenters. The minimum Gasteiger partial charge on any atom is -0.377 e. The van der Waals surface area contributed by atoms with E-state index in [1.807, 2.05) is 0 Å². The summed E-state index contributed by atoms with van der Waals surface area (Å²) >= 11 is 6.28. The van der Waals surface area contributed by atoms with Crippen LogP contribution in [0.2, 0.25) is 5.02 Å². The van der Waals surface area contributed by atoms with Crippen molar-refractivity contribution in [2.75, 3.05) is 13.2 Å². The van der Waals surface area contributed by atoms with E-state index in [0.29, 0.717) is 17.2 Å². The zero-order chi connectivity index (χ0) is 23.6. The predicted octanol–water partition coefficient (Wildman–Crippen LogP) is 3.79. The van der Waals surface area contributed by atoms with Gasteiger partial charge in [-0.3, -0.25) is 0 Å². The summed E-state index contributed by atoms with van der Waals surface area (Å²) in [4.78, 5) is 0.0143. The Bertz CT molecular complexity index is 1140. The molecule has 32 heavy (non-hydrogen) atoms. The quantitative estimate of drug-likeness (QED) is 0.595. The first-order valence-electron chi connectivity index (χ1n) is 10.4. The average molecular weight is 501 g/mol. The number of ether oxygens (including phenoxy) is 1. The third kappa shape index (κ3) is 6.30. The maximum atomic E-state index is 13.5. The van der Waals surface area contributed by atoms with E-state index in [4.69, 9.17) is 16.3 Å². The van der Waals surface area contributed by atoms with Gasteiger partial charge in [0.1, 0.15) is 0 Å². The van der Waals surface area contributed by atoms with Crippen molar-refractivity contribution in [3.63, 3.8) is 0 Å². The highest BCUT2D eigenvalue weighted by atomic mass is 35.5. The molecule has 1 saturated heterocycles. The van der Waals surface area contributed by atoms with Gasteiger partial charge in [0, 0.05) is 30.3 Å². The summed E-state index contributed by atoms with van der Waals surface area (Å²) in [7, 11) is -7.69. The molecule has 176 valence electrons. The van der Waals surface area contributed by atoms with Crippen LogP contribution in [-0.4, -0.2) is 45.9 Å². The van der Waals surface area contributed by atoms with Gasteiger partial charge >= 0.3 is 0 Å². The number of hydrogen-bond donors (Lipinski definition) is 1. The van der Waals surface area contributed by atoms with Crippen LogP contribution < -0.4 is 4.72 Å². The van der Waals surface area contributed by atoms with Crippen molar-refractivity contribution in [2.24, 2.45) is 0 Å². The van der Waals surface area contributed by atoms with E-state index in [9.17, 15) is 16.8 Å². The third-order valence-corrected chi connectivity index (χ3v) is 8.92. The molecular weight excluding hydrogens is 472 g/mol. The summed E-state index contributed by atoms with van der Waals surface area (Å²) < 4.78 is 61.6. The second-order valence-electron chi connectivity index (χ2n) is 8.85. The Kier molecular flexibility index (Phi) is 7.69. The first-order chi connectivity index (χ1) is 14.9. The second-order valence-corrected chi connectivity index (χ2v) is 12.9. The van der Waals surface area contributed by atoms with Crippen molar-refractivity contribution in [3.8, 4) is 0 Å². The van der Waals surface area contributed by atoms with Crippen LogP contribution in [0.3, 0.4) is 0 Å². The second kappa shape index (κ2) is 9.79. The van der Waals surface area contributed by atoms with E-state index < -0.39 is 25.6 Å². The molecule has 1 aliphatic heterocycles. The lowest BCUT2D eigenvalue weighted by molar-refractivity contribution is 0.0926. The van der Waals surface area contributed by atoms with Gasteiger partial charge in [-0.25, -0.2) is 21.6 Å². The molecule has 0 saturated carbocycles. The van der Waals surface area contributed by atoms with Crippen LogP contribution in [0.25, 0.3) is 0 Å². The summed E-state index contributed by atoms with van der Waals surface area (Å²) in [6.07, 6.45) is 1.48. The number of sulfonamides is 2. The van der Waals surface area contributed by atoms with Gasteiger partial charge in [-0.15, -0.1) is 0 Å². The Labute approximate surface area is 195 Å². The molecule has 10 heteroatoms. The van der Waals surface area contributed by atoms with Crippen LogP contribution in [0, 0.1) is 0 Å². The molecule has 0 aromatic heterocycles. The first-order valence-corrected chi connectivity index (χ1v) is 13.7. The van der Waals surface area contributed by atoms with Crippen molar-refractivity contribution in [2.45, 2.75) is 61.6 Å². The van der Waals surface area contributed by atoms with Gasteiger partial charge < -0.3 is 4.74 Å². The van der Waals surface area contributed by atoms with Gasteiger partial charge in [-0.2, -0.15) is 4.31 Å². The lowest BCUT2D eigenvalue weighted by atomic mass is 10.1. The van der Waals surface area contributed by atoms with Crippen LogP contribution in [0.1, 0.15) is 39.2 Å². The number of nitrogens with zero attached hydrogens (tertiary/aromatic N) is 1. The Morgan fingerprint density at radius 3 is 2.22 bits per heavy atom. The SMILES string of the molecule is CC(C)(C)NS(=O)(=O)c1ccc(S(=O)(=O)N(Cc2ccccc2Cl)CC2CCCO2)cc1. The molecule has 1 N–H and O–H groups in total. The molecule has 3 rings (SSSR count). The number of nitrogens with one attached hydrogen (secondary N) is 1. The molecule has 1 fully saturated rings. The Morgan fingerprint density at radius 1 is 1.03 bits per heavy atom. The van der Waals surface area contributed by atoms with Gasteiger partial charge in [0.2, 0.25) is 20.0 Å². The topological polar surface area (TPSA) is 92.8 Å². The van der Waals surface area contributed by atoms with Gasteiger partial charge in [0.15, 0.2) is 0 Å². The van der Waals surface area contributed by atoms with E-state index in [2.05, 4.69) is 4.72 Å². The van der Waals surface area contributed by atoms with Crippen LogP contribution >= 0.6 is 11.6 Å². The molecule has 1 heterocycles. The number of rotatable bonds is 8. The van der Waals surface area contributed by atoms with Crippen LogP contribution in [0.5, 0.6) is 0 Å². The standard InChI is InChI=1S/C22H29ClN2O5S2/c1-22(2,3)24-31(26,27)19-10-12-20(13-11-19)32(28,29)25(16-18-8-6-14-30-18)15-17-7-4-5-9-21(17)23/h4-5,7,9-13,18,24H,6,8,14-16H2,1-3H3. The minimum atomic E-state index is -3.92. The predicted molar refractivity (Wildman–Crippen MR) is 125 cm³/mol. The lowest BCUT2D eigenvalue weighted by Crippen LogP contribution is -2.40. The fourth-order valence-electron chi connectivity index (χ4n) is 3.48. The number of benzene rings is 2. The van der Waals surface area contributed by atoms with Crippen LogP contribution in [0.4, 0.5) is 0 Å². The highest BCUT2D eigenvalue weighted by molar-refractivity contribution is 7.89. The molecule has 1 aliphatic rings. The highest BCUT2D eigenvalue weighted by Gasteiger charge is 2.30. The summed E-state index contributed by atoms with van der Waals surface area (Å²) in [5, 5.41) is 0.481. The number of hydrogen-bond acceptors (Lipinski definition) is 5. The molecular formula is C22H29ClN2O5S2. The van der Waals surface area contributed by atoms with Gasteiger partial charge in [0.05, 0.1) is 15.9 Å². The normalized spacial score (nSPS) is 17.7. The van der Waals surface area contributed by atoms with Crippen molar-refractivity contribution in [3.05, 3.63) is 59.1 Å². The van der Waals surface area contributed by atoms with Crippen LogP contribution in [0.15, 0.2) is 58.3 Å². The lowest BCUT2D eigenvalue weighted by Gasteiger charge is -2.25. The Hall–Kier alpha value is -1.49. The summed E-state index contributed by atoms with van der Waals surface area (Å²) in [6.45, 7) is 6.11. The van der Waals surface area contributed by atoms with E-state index in [0.717, 1.165) is 12.8 Å². The highest BCUT2D eigenvalue weighted by Crippen LogP contribution is 2.26. The van der Waals surface area contributed by atoms with Crippen molar-refractivity contribution >= 4 is 31.6 Å². The fourth-order valence-corrected chi connectivity index (χ4v) is 6.55. The molecule has 0 amide bonds. The molecule has 7 nitrogen and oxygen atoms in total. The molecule has 2 aromatic carbocycles. The molecule has 0 aliphatic carbocycles. The van der Waals surface area contributed by atoms with Gasteiger partial charge in [-0.05, 0) is 69.5 Å². The van der Waals surface area contributed by atoms with E-state index in [-0.39, 0.29) is 29.0 Å². The van der Waals surface area contributed by atoms with E-state index in [1.54, 1.807) is 45.0 Å². The van der Waals surface area contributed by atoms with Gasteiger partial charge in [0.25, 0.3) is 0 Å². The van der Waals surface area contributed by atoms with Gasteiger partial charge in [-0.1, -0.05) is 29.8 Å². The monoisotopic (exact) mass is 500 g/mol. The maximum Gasteiger partial charge on any atom is 0.243 e. The Balaban J connectivity index is 1.90. The van der Waals surface area contributed by atoms with E-state index in [1.165, 1.54) is 28.6 Å². The van der Waals surface area contributed by atoms with E-state index >= 15 is 0 Å². The number of halogens is 1. The maximum absolute atomic E-state index is 13.5. The van der Waals surface area contributed by atoms with Crippen LogP contribution in [-0.2, 0) is 31.3 Å².